The first-order valence-electron chi connectivity index (χ1n) is 10.7. The van der Waals surface area contributed by atoms with Crippen LogP contribution in [0.5, 0.6) is 0 Å². The third kappa shape index (κ3) is 5.23. The van der Waals surface area contributed by atoms with E-state index in [1.165, 1.54) is 4.90 Å². The smallest absolute Gasteiger partial charge is 0.326 e. The number of aromatic amines is 1. The maximum atomic E-state index is 13.1. The molecule has 0 spiro atoms. The van der Waals surface area contributed by atoms with Crippen molar-refractivity contribution in [3.8, 4) is 0 Å². The monoisotopic (exact) mass is 429 g/mol. The fourth-order valence-corrected chi connectivity index (χ4v) is 4.19. The molecule has 2 aromatic rings. The highest BCUT2D eigenvalue weighted by atomic mass is 16.4. The molecular formula is C22H31N5O4. The second kappa shape index (κ2) is 10.4. The average Bonchev–Trinajstić information content (AvgIpc) is 3.41. The number of aliphatic carboxylic acids is 1. The molecule has 6 N–H and O–H groups in total. The number of nitrogens with two attached hydrogens (primary N) is 1. The molecular weight excluding hydrogens is 398 g/mol. The molecule has 0 unspecified atom stereocenters. The van der Waals surface area contributed by atoms with E-state index in [0.717, 1.165) is 16.5 Å². The van der Waals surface area contributed by atoms with E-state index in [1.54, 1.807) is 7.05 Å². The van der Waals surface area contributed by atoms with Crippen molar-refractivity contribution in [3.05, 3.63) is 36.0 Å². The van der Waals surface area contributed by atoms with E-state index in [4.69, 9.17) is 5.73 Å². The summed E-state index contributed by atoms with van der Waals surface area (Å²) in [6.07, 6.45) is 4.33. The number of likely N-dealkylation sites (N-methyl/N-ethyl adjacent to an activating group) is 1. The number of amides is 2. The van der Waals surface area contributed by atoms with Gasteiger partial charge in [-0.15, -0.1) is 0 Å². The third-order valence-corrected chi connectivity index (χ3v) is 5.90. The number of fused-ring (bicyclic) bond motifs is 1. The van der Waals surface area contributed by atoms with Crippen LogP contribution in [0.15, 0.2) is 30.5 Å². The molecule has 1 aliphatic heterocycles. The van der Waals surface area contributed by atoms with Gasteiger partial charge in [0.2, 0.25) is 11.8 Å². The minimum Gasteiger partial charge on any atom is -0.480 e. The molecule has 0 aliphatic carbocycles. The summed E-state index contributed by atoms with van der Waals surface area (Å²) in [6.45, 7) is 0.766. The van der Waals surface area contributed by atoms with E-state index in [2.05, 4.69) is 15.6 Å². The summed E-state index contributed by atoms with van der Waals surface area (Å²) in [6, 6.07) is 5.70. The van der Waals surface area contributed by atoms with Gasteiger partial charge in [-0.05, 0) is 57.3 Å². The summed E-state index contributed by atoms with van der Waals surface area (Å²) in [5, 5.41) is 16.3. The molecule has 0 bridgehead atoms. The predicted octanol–water partition coefficient (Wildman–Crippen LogP) is 0.598. The van der Waals surface area contributed by atoms with Gasteiger partial charge >= 0.3 is 5.97 Å². The Hall–Kier alpha value is -2.91. The van der Waals surface area contributed by atoms with Crippen LogP contribution in [0.2, 0.25) is 0 Å². The molecule has 168 valence electrons. The van der Waals surface area contributed by atoms with E-state index >= 15 is 0 Å². The van der Waals surface area contributed by atoms with Gasteiger partial charge in [0.1, 0.15) is 12.1 Å². The number of carbonyl (C=O) groups excluding carboxylic acids is 2. The highest BCUT2D eigenvalue weighted by Gasteiger charge is 2.37. The molecule has 3 rings (SSSR count). The number of carboxylic acids is 1. The Morgan fingerprint density at radius 1 is 1.29 bits per heavy atom. The quantitative estimate of drug-likeness (QED) is 0.375. The molecule has 9 nitrogen and oxygen atoms in total. The van der Waals surface area contributed by atoms with Crippen molar-refractivity contribution in [3.63, 3.8) is 0 Å². The summed E-state index contributed by atoms with van der Waals surface area (Å²) in [5.74, 6) is -1.66. The number of H-pyrrole nitrogens is 1. The van der Waals surface area contributed by atoms with Crippen molar-refractivity contribution < 1.29 is 19.5 Å². The molecule has 2 heterocycles. The minimum atomic E-state index is -1.01. The summed E-state index contributed by atoms with van der Waals surface area (Å²) in [5.41, 5.74) is 7.62. The number of carbonyl (C=O) groups is 3. The number of likely N-dealkylation sites (tertiary alicyclic amines) is 1. The van der Waals surface area contributed by atoms with E-state index in [-0.39, 0.29) is 11.8 Å². The molecule has 1 aliphatic rings. The third-order valence-electron chi connectivity index (χ3n) is 5.90. The Morgan fingerprint density at radius 2 is 2.06 bits per heavy atom. The van der Waals surface area contributed by atoms with Gasteiger partial charge in [0.15, 0.2) is 0 Å². The van der Waals surface area contributed by atoms with Gasteiger partial charge in [0.05, 0.1) is 6.04 Å². The average molecular weight is 430 g/mol. The molecule has 0 radical (unpaired) electrons. The molecule has 9 heteroatoms. The summed E-state index contributed by atoms with van der Waals surface area (Å²) < 4.78 is 0. The Morgan fingerprint density at radius 3 is 2.77 bits per heavy atom. The van der Waals surface area contributed by atoms with Gasteiger partial charge in [-0.3, -0.25) is 9.59 Å². The Bertz CT molecular complexity index is 928. The lowest BCUT2D eigenvalue weighted by atomic mass is 10.0. The molecule has 1 aromatic heterocycles. The van der Waals surface area contributed by atoms with Crippen molar-refractivity contribution >= 4 is 28.7 Å². The lowest BCUT2D eigenvalue weighted by molar-refractivity contribution is -0.149. The summed E-state index contributed by atoms with van der Waals surface area (Å²) >= 11 is 0. The van der Waals surface area contributed by atoms with Crippen LogP contribution in [-0.4, -0.2) is 71.0 Å². The molecule has 1 saturated heterocycles. The van der Waals surface area contributed by atoms with Crippen molar-refractivity contribution in [1.82, 2.24) is 20.5 Å². The number of nitrogens with zero attached hydrogens (tertiary/aromatic N) is 1. The Balaban J connectivity index is 1.72. The standard InChI is InChI=1S/C22H31N5O4/c1-24-18(12-14-13-25-16-7-3-2-6-15(14)16)20(28)26-17(8-4-10-23)21(29)27-11-5-9-19(27)22(30)31/h2-3,6-7,13,17-19,24-25H,4-5,8-12,23H2,1H3,(H,26,28)(H,30,31)/t17-,18-,19-/m0/s1. The second-order valence-corrected chi connectivity index (χ2v) is 7.92. The summed E-state index contributed by atoms with van der Waals surface area (Å²) in [4.78, 5) is 42.2. The maximum absolute atomic E-state index is 13.1. The first-order chi connectivity index (χ1) is 15.0. The number of nitrogens with one attached hydrogen (secondary N) is 3. The van der Waals surface area contributed by atoms with Crippen molar-refractivity contribution in [2.75, 3.05) is 20.1 Å². The van der Waals surface area contributed by atoms with Crippen molar-refractivity contribution in [1.29, 1.82) is 0 Å². The van der Waals surface area contributed by atoms with Gasteiger partial charge in [-0.1, -0.05) is 18.2 Å². The van der Waals surface area contributed by atoms with Crippen LogP contribution < -0.4 is 16.4 Å². The normalized spacial score (nSPS) is 18.1. The van der Waals surface area contributed by atoms with Crippen LogP contribution in [0.1, 0.15) is 31.2 Å². The SMILES string of the molecule is CN[C@@H](Cc1c[nH]c2ccccc12)C(=O)N[C@@H](CCCN)C(=O)N1CCC[C@H]1C(=O)O. The van der Waals surface area contributed by atoms with Gasteiger partial charge in [-0.2, -0.15) is 0 Å². The lowest BCUT2D eigenvalue weighted by Crippen LogP contribution is -2.55. The second-order valence-electron chi connectivity index (χ2n) is 7.92. The number of carboxylic acid groups (broad SMARTS) is 1. The van der Waals surface area contributed by atoms with Gasteiger partial charge in [0, 0.05) is 23.6 Å². The number of hydrogen-bond donors (Lipinski definition) is 5. The zero-order chi connectivity index (χ0) is 22.4. The fourth-order valence-electron chi connectivity index (χ4n) is 4.19. The Kier molecular flexibility index (Phi) is 7.64. The number of aromatic nitrogens is 1. The van der Waals surface area contributed by atoms with Gasteiger partial charge in [0.25, 0.3) is 0 Å². The number of rotatable bonds is 10. The highest BCUT2D eigenvalue weighted by molar-refractivity contribution is 5.92. The zero-order valence-electron chi connectivity index (χ0n) is 17.8. The van der Waals surface area contributed by atoms with Crippen LogP contribution >= 0.6 is 0 Å². The number of benzene rings is 1. The lowest BCUT2D eigenvalue weighted by Gasteiger charge is -2.28. The topological polar surface area (TPSA) is 141 Å². The first-order valence-corrected chi connectivity index (χ1v) is 10.7. The number of hydrogen-bond acceptors (Lipinski definition) is 5. The van der Waals surface area contributed by atoms with E-state index in [9.17, 15) is 19.5 Å². The Labute approximate surface area is 181 Å². The van der Waals surface area contributed by atoms with Crippen LogP contribution in [0, 0.1) is 0 Å². The van der Waals surface area contributed by atoms with Gasteiger partial charge < -0.3 is 31.4 Å². The largest absolute Gasteiger partial charge is 0.480 e. The zero-order valence-corrected chi connectivity index (χ0v) is 17.8. The predicted molar refractivity (Wildman–Crippen MR) is 117 cm³/mol. The molecule has 0 saturated carbocycles. The maximum Gasteiger partial charge on any atom is 0.326 e. The highest BCUT2D eigenvalue weighted by Crippen LogP contribution is 2.21. The van der Waals surface area contributed by atoms with Crippen LogP contribution in [-0.2, 0) is 20.8 Å². The van der Waals surface area contributed by atoms with E-state index < -0.39 is 24.1 Å². The van der Waals surface area contributed by atoms with Gasteiger partial charge in [-0.25, -0.2) is 4.79 Å². The van der Waals surface area contributed by atoms with E-state index in [1.807, 2.05) is 30.5 Å². The molecule has 1 aromatic carbocycles. The minimum absolute atomic E-state index is 0.297. The first kappa shape index (κ1) is 22.8. The van der Waals surface area contributed by atoms with Crippen LogP contribution in [0.3, 0.4) is 0 Å². The molecule has 31 heavy (non-hydrogen) atoms. The molecule has 1 fully saturated rings. The van der Waals surface area contributed by atoms with E-state index in [0.29, 0.717) is 45.2 Å². The fraction of sp³-hybridized carbons (Fsp3) is 0.500. The molecule has 2 amide bonds. The molecule has 3 atom stereocenters. The summed E-state index contributed by atoms with van der Waals surface area (Å²) in [7, 11) is 1.71. The van der Waals surface area contributed by atoms with Crippen LogP contribution in [0.25, 0.3) is 10.9 Å². The van der Waals surface area contributed by atoms with Crippen LogP contribution in [0.4, 0.5) is 0 Å². The van der Waals surface area contributed by atoms with Crippen molar-refractivity contribution in [2.24, 2.45) is 5.73 Å². The number of para-hydroxylation sites is 1. The van der Waals surface area contributed by atoms with Crippen molar-refractivity contribution in [2.45, 2.75) is 50.2 Å².